The zero-order chi connectivity index (χ0) is 37.3. The van der Waals surface area contributed by atoms with Crippen molar-refractivity contribution in [3.05, 3.63) is 231 Å². The Kier molecular flexibility index (Phi) is 8.55. The van der Waals surface area contributed by atoms with Crippen LogP contribution in [-0.2, 0) is 0 Å². The number of hydrogen-bond acceptors (Lipinski definition) is 1. The van der Waals surface area contributed by atoms with Crippen LogP contribution >= 0.6 is 0 Å². The molecular formula is C54H38N2. The highest BCUT2D eigenvalue weighted by atomic mass is 15.1. The maximum absolute atomic E-state index is 2.42. The fourth-order valence-corrected chi connectivity index (χ4v) is 8.17. The number of para-hydroxylation sites is 3. The van der Waals surface area contributed by atoms with Crippen molar-refractivity contribution in [2.75, 3.05) is 4.90 Å². The first-order chi connectivity index (χ1) is 27.8. The first-order valence-electron chi connectivity index (χ1n) is 19.2. The minimum absolute atomic E-state index is 1.09. The van der Waals surface area contributed by atoms with Gasteiger partial charge in [-0.15, -0.1) is 0 Å². The van der Waals surface area contributed by atoms with E-state index in [1.165, 1.54) is 66.3 Å². The Morgan fingerprint density at radius 1 is 0.268 bits per heavy atom. The normalized spacial score (nSPS) is 11.2. The monoisotopic (exact) mass is 714 g/mol. The van der Waals surface area contributed by atoms with Crippen molar-refractivity contribution in [2.24, 2.45) is 0 Å². The quantitative estimate of drug-likeness (QED) is 0.152. The van der Waals surface area contributed by atoms with Gasteiger partial charge in [0.25, 0.3) is 0 Å². The van der Waals surface area contributed by atoms with Crippen molar-refractivity contribution in [1.82, 2.24) is 4.57 Å². The molecule has 0 unspecified atom stereocenters. The Morgan fingerprint density at radius 2 is 0.714 bits per heavy atom. The SMILES string of the molecule is c1ccc(-c2ccc(N(c3ccc(-c4ccccc4-c4ccccc4-n4c5ccccc5c5ccccc54)cc3)c3cccc(-c4ccccc4)c3)cc2)cc1. The molecule has 0 saturated carbocycles. The predicted octanol–water partition coefficient (Wildman–Crippen LogP) is 14.9. The summed E-state index contributed by atoms with van der Waals surface area (Å²) in [7, 11) is 0. The highest BCUT2D eigenvalue weighted by molar-refractivity contribution is 6.10. The fourth-order valence-electron chi connectivity index (χ4n) is 8.17. The summed E-state index contributed by atoms with van der Waals surface area (Å²) < 4.78 is 2.42. The van der Waals surface area contributed by atoms with Crippen LogP contribution in [0, 0.1) is 0 Å². The maximum atomic E-state index is 2.42. The van der Waals surface area contributed by atoms with E-state index in [1.54, 1.807) is 0 Å². The molecule has 0 amide bonds. The third-order valence-electron chi connectivity index (χ3n) is 10.8. The first kappa shape index (κ1) is 33.2. The summed E-state index contributed by atoms with van der Waals surface area (Å²) in [6, 6.07) is 83.0. The molecule has 264 valence electrons. The first-order valence-corrected chi connectivity index (χ1v) is 19.2. The summed E-state index contributed by atoms with van der Waals surface area (Å²) in [4.78, 5) is 2.36. The number of nitrogens with zero attached hydrogens (tertiary/aromatic N) is 2. The van der Waals surface area contributed by atoms with Crippen LogP contribution in [0.2, 0.25) is 0 Å². The summed E-state index contributed by atoms with van der Waals surface area (Å²) in [6.45, 7) is 0. The van der Waals surface area contributed by atoms with E-state index in [2.05, 4.69) is 240 Å². The van der Waals surface area contributed by atoms with Crippen molar-refractivity contribution in [3.8, 4) is 50.2 Å². The number of fused-ring (bicyclic) bond motifs is 3. The minimum atomic E-state index is 1.09. The van der Waals surface area contributed by atoms with Gasteiger partial charge < -0.3 is 9.47 Å². The Hall–Kier alpha value is -7.42. The van der Waals surface area contributed by atoms with Crippen LogP contribution in [0.4, 0.5) is 17.1 Å². The van der Waals surface area contributed by atoms with Crippen LogP contribution < -0.4 is 4.90 Å². The third kappa shape index (κ3) is 6.04. The van der Waals surface area contributed by atoms with E-state index in [9.17, 15) is 0 Å². The van der Waals surface area contributed by atoms with E-state index in [0.717, 1.165) is 22.7 Å². The molecule has 0 fully saturated rings. The second-order valence-electron chi connectivity index (χ2n) is 14.1. The van der Waals surface area contributed by atoms with Crippen molar-refractivity contribution in [3.63, 3.8) is 0 Å². The number of hydrogen-bond donors (Lipinski definition) is 0. The number of rotatable bonds is 8. The van der Waals surface area contributed by atoms with Crippen molar-refractivity contribution in [1.29, 1.82) is 0 Å². The van der Waals surface area contributed by atoms with Gasteiger partial charge in [-0.25, -0.2) is 0 Å². The molecule has 0 aliphatic heterocycles. The molecule has 56 heavy (non-hydrogen) atoms. The lowest BCUT2D eigenvalue weighted by atomic mass is 9.93. The molecule has 10 aromatic rings. The number of benzene rings is 9. The Morgan fingerprint density at radius 3 is 1.34 bits per heavy atom. The molecule has 0 saturated heterocycles. The van der Waals surface area contributed by atoms with Gasteiger partial charge in [0.05, 0.1) is 16.7 Å². The summed E-state index contributed by atoms with van der Waals surface area (Å²) in [5.74, 6) is 0. The Labute approximate surface area is 327 Å². The van der Waals surface area contributed by atoms with Crippen LogP contribution in [0.1, 0.15) is 0 Å². The second kappa shape index (κ2) is 14.4. The molecule has 0 spiro atoms. The topological polar surface area (TPSA) is 8.17 Å². The highest BCUT2D eigenvalue weighted by Gasteiger charge is 2.18. The zero-order valence-corrected chi connectivity index (χ0v) is 30.8. The Balaban J connectivity index is 1.07. The number of anilines is 3. The summed E-state index contributed by atoms with van der Waals surface area (Å²) >= 11 is 0. The van der Waals surface area contributed by atoms with Gasteiger partial charge in [0, 0.05) is 33.4 Å². The molecule has 9 aromatic carbocycles. The third-order valence-corrected chi connectivity index (χ3v) is 10.8. The summed E-state index contributed by atoms with van der Waals surface area (Å²) in [6.07, 6.45) is 0. The molecule has 10 rings (SSSR count). The lowest BCUT2D eigenvalue weighted by Crippen LogP contribution is -2.10. The van der Waals surface area contributed by atoms with E-state index in [-0.39, 0.29) is 0 Å². The van der Waals surface area contributed by atoms with Gasteiger partial charge in [0.15, 0.2) is 0 Å². The van der Waals surface area contributed by atoms with E-state index >= 15 is 0 Å². The fraction of sp³-hybridized carbons (Fsp3) is 0. The zero-order valence-electron chi connectivity index (χ0n) is 30.8. The minimum Gasteiger partial charge on any atom is -0.310 e. The van der Waals surface area contributed by atoms with Gasteiger partial charge in [0.1, 0.15) is 0 Å². The van der Waals surface area contributed by atoms with Gasteiger partial charge in [-0.1, -0.05) is 176 Å². The molecular weight excluding hydrogens is 677 g/mol. The maximum Gasteiger partial charge on any atom is 0.0541 e. The molecule has 2 heteroatoms. The van der Waals surface area contributed by atoms with Gasteiger partial charge in [-0.2, -0.15) is 0 Å². The van der Waals surface area contributed by atoms with Gasteiger partial charge in [0.2, 0.25) is 0 Å². The molecule has 0 atom stereocenters. The predicted molar refractivity (Wildman–Crippen MR) is 237 cm³/mol. The van der Waals surface area contributed by atoms with Crippen molar-refractivity contribution in [2.45, 2.75) is 0 Å². The largest absolute Gasteiger partial charge is 0.310 e. The molecule has 0 N–H and O–H groups in total. The van der Waals surface area contributed by atoms with Crippen LogP contribution in [0.25, 0.3) is 72.0 Å². The summed E-state index contributed by atoms with van der Waals surface area (Å²) in [5, 5.41) is 2.52. The molecule has 0 radical (unpaired) electrons. The average Bonchev–Trinajstić information content (AvgIpc) is 3.62. The molecule has 2 nitrogen and oxygen atoms in total. The van der Waals surface area contributed by atoms with E-state index in [4.69, 9.17) is 0 Å². The Bertz CT molecular complexity index is 2890. The van der Waals surface area contributed by atoms with Gasteiger partial charge in [-0.3, -0.25) is 0 Å². The lowest BCUT2D eigenvalue weighted by Gasteiger charge is -2.26. The molecule has 0 bridgehead atoms. The summed E-state index contributed by atoms with van der Waals surface area (Å²) in [5.41, 5.74) is 16.4. The van der Waals surface area contributed by atoms with E-state index in [1.807, 2.05) is 0 Å². The van der Waals surface area contributed by atoms with Crippen LogP contribution in [0.3, 0.4) is 0 Å². The van der Waals surface area contributed by atoms with Crippen molar-refractivity contribution < 1.29 is 0 Å². The average molecular weight is 715 g/mol. The van der Waals surface area contributed by atoms with Crippen LogP contribution in [-0.4, -0.2) is 4.57 Å². The lowest BCUT2D eigenvalue weighted by molar-refractivity contribution is 1.18. The van der Waals surface area contributed by atoms with Crippen molar-refractivity contribution >= 4 is 38.9 Å². The van der Waals surface area contributed by atoms with Crippen LogP contribution in [0.15, 0.2) is 231 Å². The standard InChI is InChI=1S/C54H38N2/c1-3-16-39(17-4-1)41-30-34-44(35-31-41)55(46-21-15-20-43(38-46)40-18-5-2-6-19-40)45-36-32-42(33-37-45)47-22-7-8-23-48(47)49-24-9-12-27-52(49)56-53-28-13-10-25-50(53)51-26-11-14-29-54(51)56/h1-38H. The second-order valence-corrected chi connectivity index (χ2v) is 14.1. The van der Waals surface area contributed by atoms with E-state index in [0.29, 0.717) is 0 Å². The van der Waals surface area contributed by atoms with Gasteiger partial charge in [-0.05, 0) is 93.5 Å². The van der Waals surface area contributed by atoms with E-state index < -0.39 is 0 Å². The smallest absolute Gasteiger partial charge is 0.0541 e. The van der Waals surface area contributed by atoms with Crippen LogP contribution in [0.5, 0.6) is 0 Å². The molecule has 0 aliphatic carbocycles. The highest BCUT2D eigenvalue weighted by Crippen LogP contribution is 2.42. The number of aromatic nitrogens is 1. The molecule has 1 aromatic heterocycles. The van der Waals surface area contributed by atoms with Gasteiger partial charge >= 0.3 is 0 Å². The molecule has 1 heterocycles. The molecule has 0 aliphatic rings.